The van der Waals surface area contributed by atoms with Crippen molar-refractivity contribution in [3.05, 3.63) is 0 Å². The van der Waals surface area contributed by atoms with Crippen molar-refractivity contribution in [1.29, 1.82) is 0 Å². The highest BCUT2D eigenvalue weighted by Gasteiger charge is 2.14. The van der Waals surface area contributed by atoms with Crippen LogP contribution in [0.3, 0.4) is 0 Å². The molecule has 0 aromatic carbocycles. The summed E-state index contributed by atoms with van der Waals surface area (Å²) in [6.07, 6.45) is 13.8. The molecule has 156 valence electrons. The lowest BCUT2D eigenvalue weighted by atomic mass is 10.0. The zero-order valence-electron chi connectivity index (χ0n) is 18.1. The molecule has 0 bridgehead atoms. The van der Waals surface area contributed by atoms with E-state index in [0.29, 0.717) is 6.61 Å². The fraction of sp³-hybridized carbons (Fsp3) is 0.955. The van der Waals surface area contributed by atoms with Gasteiger partial charge in [-0.1, -0.05) is 79.1 Å². The number of carbonyl (C=O) groups excluding carboxylic acids is 1. The van der Waals surface area contributed by atoms with Crippen molar-refractivity contribution >= 4 is 6.16 Å². The van der Waals surface area contributed by atoms with Crippen LogP contribution in [0.25, 0.3) is 0 Å². The SMILES string of the molecule is CCCCCCCCCCC(CCC)OC(=O)OCCCN(CC)CC. The number of rotatable bonds is 18. The van der Waals surface area contributed by atoms with Crippen LogP contribution in [-0.4, -0.2) is 43.4 Å². The summed E-state index contributed by atoms with van der Waals surface area (Å²) in [7, 11) is 0. The van der Waals surface area contributed by atoms with Gasteiger partial charge in [-0.15, -0.1) is 0 Å². The van der Waals surface area contributed by atoms with Crippen LogP contribution in [0, 0.1) is 0 Å². The molecule has 0 aliphatic rings. The van der Waals surface area contributed by atoms with Crippen LogP contribution >= 0.6 is 0 Å². The van der Waals surface area contributed by atoms with Gasteiger partial charge in [0, 0.05) is 6.54 Å². The van der Waals surface area contributed by atoms with Gasteiger partial charge in [0.25, 0.3) is 0 Å². The quantitative estimate of drug-likeness (QED) is 0.202. The fourth-order valence-corrected chi connectivity index (χ4v) is 3.24. The Labute approximate surface area is 163 Å². The maximum Gasteiger partial charge on any atom is 0.508 e. The molecule has 0 aromatic rings. The van der Waals surface area contributed by atoms with Crippen LogP contribution in [-0.2, 0) is 9.47 Å². The molecule has 1 unspecified atom stereocenters. The molecule has 0 aromatic heterocycles. The highest BCUT2D eigenvalue weighted by molar-refractivity contribution is 5.60. The van der Waals surface area contributed by atoms with Gasteiger partial charge in [0.1, 0.15) is 6.10 Å². The molecule has 0 saturated carbocycles. The molecular weight excluding hydrogens is 326 g/mol. The summed E-state index contributed by atoms with van der Waals surface area (Å²) < 4.78 is 10.8. The Morgan fingerprint density at radius 1 is 0.769 bits per heavy atom. The van der Waals surface area contributed by atoms with Crippen LogP contribution in [0.5, 0.6) is 0 Å². The maximum atomic E-state index is 11.9. The molecule has 0 fully saturated rings. The van der Waals surface area contributed by atoms with E-state index in [1.165, 1.54) is 44.9 Å². The smallest absolute Gasteiger partial charge is 0.434 e. The minimum Gasteiger partial charge on any atom is -0.434 e. The lowest BCUT2D eigenvalue weighted by Gasteiger charge is -2.19. The Hall–Kier alpha value is -0.770. The second kappa shape index (κ2) is 19.0. The Morgan fingerprint density at radius 3 is 1.96 bits per heavy atom. The summed E-state index contributed by atoms with van der Waals surface area (Å²) in [6, 6.07) is 0. The van der Waals surface area contributed by atoms with Crippen molar-refractivity contribution in [2.75, 3.05) is 26.2 Å². The fourth-order valence-electron chi connectivity index (χ4n) is 3.24. The Morgan fingerprint density at radius 2 is 1.38 bits per heavy atom. The lowest BCUT2D eigenvalue weighted by Crippen LogP contribution is -2.25. The summed E-state index contributed by atoms with van der Waals surface area (Å²) >= 11 is 0. The van der Waals surface area contributed by atoms with Crippen molar-refractivity contribution < 1.29 is 14.3 Å². The summed E-state index contributed by atoms with van der Waals surface area (Å²) in [6.45, 7) is 12.2. The third-order valence-electron chi connectivity index (χ3n) is 4.99. The van der Waals surface area contributed by atoms with Crippen LogP contribution in [0.4, 0.5) is 4.79 Å². The first kappa shape index (κ1) is 25.2. The molecule has 0 radical (unpaired) electrons. The number of carbonyl (C=O) groups is 1. The van der Waals surface area contributed by atoms with E-state index in [-0.39, 0.29) is 6.10 Å². The molecule has 0 aliphatic carbocycles. The summed E-state index contributed by atoms with van der Waals surface area (Å²) in [5, 5.41) is 0. The molecule has 26 heavy (non-hydrogen) atoms. The van der Waals surface area contributed by atoms with Gasteiger partial charge >= 0.3 is 6.16 Å². The molecule has 1 atom stereocenters. The Bertz CT molecular complexity index is 306. The third-order valence-corrected chi connectivity index (χ3v) is 4.99. The van der Waals surface area contributed by atoms with Gasteiger partial charge in [-0.3, -0.25) is 0 Å². The Balaban J connectivity index is 3.77. The molecule has 0 N–H and O–H groups in total. The first-order chi connectivity index (χ1) is 12.7. The monoisotopic (exact) mass is 371 g/mol. The van der Waals surface area contributed by atoms with Gasteiger partial charge < -0.3 is 14.4 Å². The summed E-state index contributed by atoms with van der Waals surface area (Å²) in [5.41, 5.74) is 0. The zero-order valence-corrected chi connectivity index (χ0v) is 18.1. The van der Waals surface area contributed by atoms with E-state index in [4.69, 9.17) is 9.47 Å². The molecule has 0 heterocycles. The highest BCUT2D eigenvalue weighted by Crippen LogP contribution is 2.15. The zero-order chi connectivity index (χ0) is 19.5. The van der Waals surface area contributed by atoms with Gasteiger partial charge in [-0.05, 0) is 38.8 Å². The van der Waals surface area contributed by atoms with Crippen LogP contribution in [0.15, 0.2) is 0 Å². The predicted octanol–water partition coefficient (Wildman–Crippen LogP) is 6.57. The standard InChI is InChI=1S/C22H45NO3/c1-5-9-10-11-12-13-14-15-18-21(17-6-2)26-22(24)25-20-16-19-23(7-3)8-4/h21H,5-20H2,1-4H3. The van der Waals surface area contributed by atoms with E-state index in [9.17, 15) is 4.79 Å². The molecule has 0 aliphatic heterocycles. The van der Waals surface area contributed by atoms with E-state index in [1.807, 2.05) is 0 Å². The highest BCUT2D eigenvalue weighted by atomic mass is 16.7. The minimum absolute atomic E-state index is 0.0235. The second-order valence-electron chi connectivity index (χ2n) is 7.27. The van der Waals surface area contributed by atoms with Gasteiger partial charge in [0.15, 0.2) is 0 Å². The molecule has 0 amide bonds. The number of hydrogen-bond acceptors (Lipinski definition) is 4. The first-order valence-corrected chi connectivity index (χ1v) is 11.2. The third kappa shape index (κ3) is 15.5. The molecular formula is C22H45NO3. The van der Waals surface area contributed by atoms with E-state index in [2.05, 4.69) is 32.6 Å². The van der Waals surface area contributed by atoms with Crippen LogP contribution in [0.2, 0.25) is 0 Å². The normalized spacial score (nSPS) is 12.3. The van der Waals surface area contributed by atoms with Crippen molar-refractivity contribution in [2.45, 2.75) is 111 Å². The maximum absolute atomic E-state index is 11.9. The first-order valence-electron chi connectivity index (χ1n) is 11.2. The van der Waals surface area contributed by atoms with Crippen molar-refractivity contribution in [1.82, 2.24) is 4.90 Å². The van der Waals surface area contributed by atoms with E-state index < -0.39 is 6.16 Å². The topological polar surface area (TPSA) is 38.8 Å². The molecule has 0 saturated heterocycles. The van der Waals surface area contributed by atoms with Crippen molar-refractivity contribution in [3.8, 4) is 0 Å². The molecule has 4 heteroatoms. The van der Waals surface area contributed by atoms with E-state index in [1.54, 1.807) is 0 Å². The average molecular weight is 372 g/mol. The number of nitrogens with zero attached hydrogens (tertiary/aromatic N) is 1. The molecule has 4 nitrogen and oxygen atoms in total. The predicted molar refractivity (Wildman–Crippen MR) is 111 cm³/mol. The van der Waals surface area contributed by atoms with Gasteiger partial charge in [-0.2, -0.15) is 0 Å². The number of unbranched alkanes of at least 4 members (excludes halogenated alkanes) is 7. The van der Waals surface area contributed by atoms with Crippen molar-refractivity contribution in [3.63, 3.8) is 0 Å². The largest absolute Gasteiger partial charge is 0.508 e. The van der Waals surface area contributed by atoms with Gasteiger partial charge in [-0.25, -0.2) is 4.79 Å². The van der Waals surface area contributed by atoms with Crippen LogP contribution in [0.1, 0.15) is 105 Å². The number of hydrogen-bond donors (Lipinski definition) is 0. The molecule has 0 rings (SSSR count). The average Bonchev–Trinajstić information content (AvgIpc) is 2.64. The van der Waals surface area contributed by atoms with Gasteiger partial charge in [0.05, 0.1) is 6.61 Å². The number of ether oxygens (including phenoxy) is 2. The van der Waals surface area contributed by atoms with Crippen molar-refractivity contribution in [2.24, 2.45) is 0 Å². The Kier molecular flexibility index (Phi) is 18.4. The van der Waals surface area contributed by atoms with Crippen LogP contribution < -0.4 is 0 Å². The lowest BCUT2D eigenvalue weighted by molar-refractivity contribution is 0.0153. The van der Waals surface area contributed by atoms with Gasteiger partial charge in [0.2, 0.25) is 0 Å². The molecule has 0 spiro atoms. The van der Waals surface area contributed by atoms with E-state index in [0.717, 1.165) is 51.7 Å². The second-order valence-corrected chi connectivity index (χ2v) is 7.27. The van der Waals surface area contributed by atoms with E-state index >= 15 is 0 Å². The summed E-state index contributed by atoms with van der Waals surface area (Å²) in [5.74, 6) is 0. The summed E-state index contributed by atoms with van der Waals surface area (Å²) in [4.78, 5) is 14.2. The minimum atomic E-state index is -0.484.